The zero-order valence-corrected chi connectivity index (χ0v) is 27.4. The van der Waals surface area contributed by atoms with Crippen molar-refractivity contribution in [2.75, 3.05) is 0 Å². The van der Waals surface area contributed by atoms with Crippen LogP contribution in [-0.2, 0) is 4.79 Å². The van der Waals surface area contributed by atoms with Crippen LogP contribution in [0.4, 0.5) is 0 Å². The highest BCUT2D eigenvalue weighted by molar-refractivity contribution is 8.76. The summed E-state index contributed by atoms with van der Waals surface area (Å²) in [5.41, 5.74) is 0. The van der Waals surface area contributed by atoms with Crippen LogP contribution in [0.1, 0.15) is 27.7 Å². The average Bonchev–Trinajstić information content (AvgIpc) is 2.70. The Kier molecular flexibility index (Phi) is 18.7. The van der Waals surface area contributed by atoms with Crippen LogP contribution in [0.5, 0.6) is 0 Å². The molecule has 0 bridgehead atoms. The quantitative estimate of drug-likeness (QED) is 0.169. The van der Waals surface area contributed by atoms with Gasteiger partial charge in [-0.15, -0.1) is 24.9 Å². The molecular formula is C26H26Cl6O2S3. The minimum absolute atomic E-state index is 0.189. The van der Waals surface area contributed by atoms with E-state index in [0.717, 1.165) is 21.6 Å². The molecule has 0 aliphatic heterocycles. The molecule has 0 aliphatic rings. The SMILES string of the molecule is C=C.CC(=O)O.CC(C)(C)Sc1cc(Cl)cc(Cl)c1.Clc1cc(Cl)cc(SSc2cc(Cl)cc(Cl)c2)c1. The van der Waals surface area contributed by atoms with Gasteiger partial charge in [-0.25, -0.2) is 0 Å². The van der Waals surface area contributed by atoms with E-state index in [-0.39, 0.29) is 4.75 Å². The Bertz CT molecular complexity index is 1040. The topological polar surface area (TPSA) is 37.3 Å². The zero-order valence-electron chi connectivity index (χ0n) is 20.5. The monoisotopic (exact) mass is 676 g/mol. The number of carboxylic acid groups (broad SMARTS) is 1. The van der Waals surface area contributed by atoms with Crippen LogP contribution in [0.25, 0.3) is 0 Å². The fourth-order valence-electron chi connectivity index (χ4n) is 2.19. The van der Waals surface area contributed by atoms with Crippen LogP contribution < -0.4 is 0 Å². The molecule has 202 valence electrons. The lowest BCUT2D eigenvalue weighted by atomic mass is 10.3. The number of carbonyl (C=O) groups is 1. The van der Waals surface area contributed by atoms with Gasteiger partial charge >= 0.3 is 0 Å². The molecule has 0 spiro atoms. The molecule has 2 nitrogen and oxygen atoms in total. The van der Waals surface area contributed by atoms with E-state index in [4.69, 9.17) is 79.5 Å². The number of carboxylic acids is 1. The first-order valence-electron chi connectivity index (χ1n) is 10.2. The van der Waals surface area contributed by atoms with Crippen molar-refractivity contribution in [3.63, 3.8) is 0 Å². The number of halogens is 6. The van der Waals surface area contributed by atoms with Gasteiger partial charge in [-0.05, 0) is 54.6 Å². The number of hydrogen-bond acceptors (Lipinski definition) is 4. The normalized spacial score (nSPS) is 10.1. The number of aliphatic carboxylic acids is 1. The minimum atomic E-state index is -0.833. The summed E-state index contributed by atoms with van der Waals surface area (Å²) in [6.45, 7) is 13.6. The molecule has 0 atom stereocenters. The van der Waals surface area contributed by atoms with Gasteiger partial charge in [0.05, 0.1) is 0 Å². The molecule has 1 N–H and O–H groups in total. The summed E-state index contributed by atoms with van der Waals surface area (Å²) in [5, 5.41) is 11.3. The summed E-state index contributed by atoms with van der Waals surface area (Å²) < 4.78 is 0.189. The van der Waals surface area contributed by atoms with Crippen molar-refractivity contribution in [3.8, 4) is 0 Å². The maximum atomic E-state index is 9.00. The number of rotatable bonds is 4. The Hall–Kier alpha value is -0.340. The lowest BCUT2D eigenvalue weighted by Crippen LogP contribution is -2.06. The van der Waals surface area contributed by atoms with Crippen molar-refractivity contribution in [2.45, 2.75) is 47.1 Å². The third kappa shape index (κ3) is 19.4. The Labute approximate surface area is 261 Å². The molecule has 0 saturated carbocycles. The molecule has 0 aliphatic carbocycles. The lowest BCUT2D eigenvalue weighted by Gasteiger charge is -2.17. The number of thioether (sulfide) groups is 1. The van der Waals surface area contributed by atoms with E-state index < -0.39 is 5.97 Å². The van der Waals surface area contributed by atoms with E-state index >= 15 is 0 Å². The molecule has 3 rings (SSSR count). The fourth-order valence-corrected chi connectivity index (χ4v) is 7.28. The lowest BCUT2D eigenvalue weighted by molar-refractivity contribution is -0.134. The standard InChI is InChI=1S/C12H6Cl4S2.C10H12Cl2S.C2H4O2.C2H4/c13-7-1-8(14)4-11(3-7)17-18-12-5-9(15)2-10(16)6-12;1-10(2,3)13-9-5-7(11)4-8(12)6-9;1-2(3)4;1-2/h1-6H;4-6H,1-3H3;1H3,(H,3,4);1-2H2. The largest absolute Gasteiger partial charge is 0.481 e. The summed E-state index contributed by atoms with van der Waals surface area (Å²) in [4.78, 5) is 12.1. The molecule has 0 heterocycles. The highest BCUT2D eigenvalue weighted by Gasteiger charge is 2.12. The molecule has 0 fully saturated rings. The first-order valence-corrected chi connectivity index (χ1v) is 15.5. The maximum Gasteiger partial charge on any atom is 0.300 e. The van der Waals surface area contributed by atoms with Gasteiger partial charge in [0.1, 0.15) is 0 Å². The van der Waals surface area contributed by atoms with Gasteiger partial charge < -0.3 is 5.11 Å². The van der Waals surface area contributed by atoms with Gasteiger partial charge in [-0.1, -0.05) is 112 Å². The van der Waals surface area contributed by atoms with Gasteiger partial charge in [-0.3, -0.25) is 4.79 Å². The van der Waals surface area contributed by atoms with Gasteiger partial charge in [0.15, 0.2) is 0 Å². The summed E-state index contributed by atoms with van der Waals surface area (Å²) in [5.74, 6) is -0.833. The maximum absolute atomic E-state index is 9.00. The van der Waals surface area contributed by atoms with Crippen LogP contribution >= 0.6 is 103 Å². The fraction of sp³-hybridized carbons (Fsp3) is 0.192. The van der Waals surface area contributed by atoms with E-state index in [9.17, 15) is 0 Å². The van der Waals surface area contributed by atoms with E-state index in [2.05, 4.69) is 33.9 Å². The Balaban J connectivity index is 0.000000598. The average molecular weight is 679 g/mol. The van der Waals surface area contributed by atoms with Crippen molar-refractivity contribution in [2.24, 2.45) is 0 Å². The number of hydrogen-bond donors (Lipinski definition) is 1. The Morgan fingerprint density at radius 1 is 0.622 bits per heavy atom. The van der Waals surface area contributed by atoms with Crippen molar-refractivity contribution < 1.29 is 9.90 Å². The molecule has 37 heavy (non-hydrogen) atoms. The first kappa shape index (κ1) is 36.7. The molecule has 0 saturated heterocycles. The van der Waals surface area contributed by atoms with Crippen molar-refractivity contribution in [3.05, 3.63) is 97.9 Å². The van der Waals surface area contributed by atoms with Crippen molar-refractivity contribution in [1.82, 2.24) is 0 Å². The third-order valence-electron chi connectivity index (χ3n) is 3.17. The van der Waals surface area contributed by atoms with E-state index in [1.165, 1.54) is 0 Å². The molecule has 11 heteroatoms. The van der Waals surface area contributed by atoms with Gasteiger partial charge in [0, 0.05) is 56.5 Å². The molecule has 0 unspecified atom stereocenters. The molecule has 0 amide bonds. The van der Waals surface area contributed by atoms with Crippen LogP contribution in [0.3, 0.4) is 0 Å². The second-order valence-electron chi connectivity index (χ2n) is 7.72. The molecule has 0 aromatic heterocycles. The van der Waals surface area contributed by atoms with Gasteiger partial charge in [0.25, 0.3) is 5.97 Å². The van der Waals surface area contributed by atoms with Crippen molar-refractivity contribution in [1.29, 1.82) is 0 Å². The highest BCUT2D eigenvalue weighted by Crippen LogP contribution is 2.41. The summed E-state index contributed by atoms with van der Waals surface area (Å²) in [6.07, 6.45) is 0. The zero-order chi connectivity index (χ0) is 28.8. The summed E-state index contributed by atoms with van der Waals surface area (Å²) >= 11 is 37.3. The molecule has 3 aromatic carbocycles. The van der Waals surface area contributed by atoms with E-state index in [1.807, 2.05) is 36.4 Å². The van der Waals surface area contributed by atoms with E-state index in [0.29, 0.717) is 30.1 Å². The third-order valence-corrected chi connectivity index (χ3v) is 7.90. The van der Waals surface area contributed by atoms with E-state index in [1.54, 1.807) is 51.5 Å². The van der Waals surface area contributed by atoms with Gasteiger partial charge in [0.2, 0.25) is 0 Å². The minimum Gasteiger partial charge on any atom is -0.481 e. The second kappa shape index (κ2) is 18.9. The predicted molar refractivity (Wildman–Crippen MR) is 171 cm³/mol. The highest BCUT2D eigenvalue weighted by atomic mass is 35.5. The molecule has 3 aromatic rings. The summed E-state index contributed by atoms with van der Waals surface area (Å²) in [7, 11) is 3.10. The Morgan fingerprint density at radius 2 is 0.838 bits per heavy atom. The van der Waals surface area contributed by atoms with Crippen LogP contribution in [0, 0.1) is 0 Å². The smallest absolute Gasteiger partial charge is 0.300 e. The second-order valence-corrected chi connectivity index (χ2v) is 14.5. The van der Waals surface area contributed by atoms with Crippen LogP contribution in [-0.4, -0.2) is 15.8 Å². The van der Waals surface area contributed by atoms with Gasteiger partial charge in [-0.2, -0.15) is 0 Å². The molecule has 0 radical (unpaired) electrons. The van der Waals surface area contributed by atoms with Crippen LogP contribution in [0.2, 0.25) is 30.1 Å². The number of benzene rings is 3. The van der Waals surface area contributed by atoms with Crippen LogP contribution in [0.15, 0.2) is 82.4 Å². The summed E-state index contributed by atoms with van der Waals surface area (Å²) in [6, 6.07) is 16.5. The predicted octanol–water partition coefficient (Wildman–Crippen LogP) is 12.9. The Morgan fingerprint density at radius 3 is 1.05 bits per heavy atom. The van der Waals surface area contributed by atoms with Crippen molar-refractivity contribution >= 4 is 109 Å². The first-order chi connectivity index (χ1) is 17.1. The molecular weight excluding hydrogens is 653 g/mol.